The third-order valence-electron chi connectivity index (χ3n) is 5.31. The molecule has 1 aromatic carbocycles. The van der Waals surface area contributed by atoms with Crippen molar-refractivity contribution in [2.75, 3.05) is 52.4 Å². The molecule has 0 saturated carbocycles. The molecule has 1 aromatic rings. The lowest BCUT2D eigenvalue weighted by Gasteiger charge is -2.27. The number of hydrogen-bond acceptors (Lipinski definition) is 5. The first-order valence-corrected chi connectivity index (χ1v) is 11.2. The zero-order valence-corrected chi connectivity index (χ0v) is 18.1. The van der Waals surface area contributed by atoms with Crippen LogP contribution in [0.4, 0.5) is 0 Å². The smallest absolute Gasteiger partial charge is 0.251 e. The maximum absolute atomic E-state index is 13.0. The number of halogens is 1. The second-order valence-corrected chi connectivity index (χ2v) is 9.20. The van der Waals surface area contributed by atoms with Crippen LogP contribution in [-0.2, 0) is 10.0 Å². The zero-order valence-electron chi connectivity index (χ0n) is 16.4. The maximum Gasteiger partial charge on any atom is 0.251 e. The van der Waals surface area contributed by atoms with Gasteiger partial charge in [-0.3, -0.25) is 9.69 Å². The van der Waals surface area contributed by atoms with E-state index in [1.807, 2.05) is 0 Å². The van der Waals surface area contributed by atoms with E-state index in [1.54, 1.807) is 23.4 Å². The van der Waals surface area contributed by atoms with Gasteiger partial charge in [-0.25, -0.2) is 8.42 Å². The first-order chi connectivity index (χ1) is 13.0. The number of piperidine rings is 1. The Labute approximate surface area is 174 Å². The summed E-state index contributed by atoms with van der Waals surface area (Å²) in [6.45, 7) is 8.18. The van der Waals surface area contributed by atoms with E-state index in [-0.39, 0.29) is 23.2 Å². The van der Waals surface area contributed by atoms with E-state index in [2.05, 4.69) is 15.5 Å². The van der Waals surface area contributed by atoms with Crippen LogP contribution in [0, 0.1) is 6.92 Å². The number of aryl methyl sites for hydroxylation is 1. The molecule has 0 aliphatic carbocycles. The molecular weight excluding hydrogens is 400 g/mol. The molecule has 2 saturated heterocycles. The summed E-state index contributed by atoms with van der Waals surface area (Å²) in [5.74, 6) is -0.222. The van der Waals surface area contributed by atoms with E-state index in [1.165, 1.54) is 6.07 Å². The fourth-order valence-electron chi connectivity index (χ4n) is 3.63. The number of carbonyl (C=O) groups is 1. The molecule has 0 spiro atoms. The fourth-order valence-corrected chi connectivity index (χ4v) is 5.40. The van der Waals surface area contributed by atoms with Crippen molar-refractivity contribution in [1.29, 1.82) is 0 Å². The molecule has 158 valence electrons. The summed E-state index contributed by atoms with van der Waals surface area (Å²) in [4.78, 5) is 15.1. The van der Waals surface area contributed by atoms with Gasteiger partial charge in [0.25, 0.3) is 5.91 Å². The SMILES string of the molecule is Cc1ccc(C(=O)NCCN2CCNCC2)cc1S(=O)(=O)N1CCCCC1.Cl. The molecule has 7 nitrogen and oxygen atoms in total. The Balaban J connectivity index is 0.00000280. The Bertz CT molecular complexity index is 760. The van der Waals surface area contributed by atoms with Crippen LogP contribution >= 0.6 is 12.4 Å². The Morgan fingerprint density at radius 1 is 1.11 bits per heavy atom. The lowest BCUT2D eigenvalue weighted by atomic mass is 10.1. The third-order valence-corrected chi connectivity index (χ3v) is 7.35. The lowest BCUT2D eigenvalue weighted by molar-refractivity contribution is 0.0947. The van der Waals surface area contributed by atoms with Gasteiger partial charge < -0.3 is 10.6 Å². The van der Waals surface area contributed by atoms with Crippen LogP contribution in [0.15, 0.2) is 23.1 Å². The van der Waals surface area contributed by atoms with E-state index in [4.69, 9.17) is 0 Å². The van der Waals surface area contributed by atoms with Crippen molar-refractivity contribution in [3.05, 3.63) is 29.3 Å². The molecule has 28 heavy (non-hydrogen) atoms. The van der Waals surface area contributed by atoms with Crippen LogP contribution < -0.4 is 10.6 Å². The maximum atomic E-state index is 13.0. The monoisotopic (exact) mass is 430 g/mol. The second-order valence-electron chi connectivity index (χ2n) is 7.29. The number of benzene rings is 1. The Hall–Kier alpha value is -1.19. The van der Waals surface area contributed by atoms with Crippen LogP contribution in [-0.4, -0.2) is 75.9 Å². The quantitative estimate of drug-likeness (QED) is 0.709. The van der Waals surface area contributed by atoms with E-state index < -0.39 is 10.0 Å². The van der Waals surface area contributed by atoms with Crippen molar-refractivity contribution in [2.24, 2.45) is 0 Å². The number of rotatable bonds is 6. The number of sulfonamides is 1. The van der Waals surface area contributed by atoms with Gasteiger partial charge in [0.15, 0.2) is 0 Å². The van der Waals surface area contributed by atoms with Crippen molar-refractivity contribution in [2.45, 2.75) is 31.1 Å². The highest BCUT2D eigenvalue weighted by atomic mass is 35.5. The first kappa shape index (κ1) is 23.1. The van der Waals surface area contributed by atoms with E-state index >= 15 is 0 Å². The molecule has 0 aromatic heterocycles. The standard InChI is InChI=1S/C19H30N4O3S.ClH/c1-16-5-6-17(19(24)21-9-14-22-12-7-20-8-13-22)15-18(16)27(25,26)23-10-3-2-4-11-23;/h5-6,15,20H,2-4,7-14H2,1H3,(H,21,24);1H. The summed E-state index contributed by atoms with van der Waals surface area (Å²) in [7, 11) is -3.55. The largest absolute Gasteiger partial charge is 0.351 e. The molecule has 2 aliphatic heterocycles. The van der Waals surface area contributed by atoms with Crippen molar-refractivity contribution in [3.8, 4) is 0 Å². The van der Waals surface area contributed by atoms with Crippen LogP contribution in [0.1, 0.15) is 35.2 Å². The van der Waals surface area contributed by atoms with Gasteiger partial charge in [0.1, 0.15) is 0 Å². The minimum Gasteiger partial charge on any atom is -0.351 e. The Kier molecular flexibility index (Phi) is 8.70. The van der Waals surface area contributed by atoms with Gasteiger partial charge in [-0.05, 0) is 37.5 Å². The number of amides is 1. The lowest BCUT2D eigenvalue weighted by Crippen LogP contribution is -2.46. The average Bonchev–Trinajstić information content (AvgIpc) is 2.69. The van der Waals surface area contributed by atoms with Crippen molar-refractivity contribution in [3.63, 3.8) is 0 Å². The van der Waals surface area contributed by atoms with E-state index in [9.17, 15) is 13.2 Å². The minimum atomic E-state index is -3.55. The Morgan fingerprint density at radius 3 is 2.46 bits per heavy atom. The van der Waals surface area contributed by atoms with Crippen molar-refractivity contribution >= 4 is 28.3 Å². The molecule has 2 heterocycles. The first-order valence-electron chi connectivity index (χ1n) is 9.80. The number of nitrogens with one attached hydrogen (secondary N) is 2. The highest BCUT2D eigenvalue weighted by Gasteiger charge is 2.28. The van der Waals surface area contributed by atoms with Gasteiger partial charge in [0.2, 0.25) is 10.0 Å². The number of nitrogens with zero attached hydrogens (tertiary/aromatic N) is 2. The molecule has 2 fully saturated rings. The van der Waals surface area contributed by atoms with Gasteiger partial charge in [0.05, 0.1) is 4.90 Å². The molecule has 0 atom stereocenters. The van der Waals surface area contributed by atoms with E-state index in [0.29, 0.717) is 30.8 Å². The molecule has 9 heteroatoms. The van der Waals surface area contributed by atoms with Gasteiger partial charge in [0, 0.05) is 57.9 Å². The fraction of sp³-hybridized carbons (Fsp3) is 0.632. The van der Waals surface area contributed by atoms with Gasteiger partial charge in [-0.15, -0.1) is 12.4 Å². The van der Waals surface area contributed by atoms with Gasteiger partial charge in [-0.1, -0.05) is 12.5 Å². The van der Waals surface area contributed by atoms with E-state index in [0.717, 1.165) is 52.0 Å². The minimum absolute atomic E-state index is 0. The third kappa shape index (κ3) is 5.67. The summed E-state index contributed by atoms with van der Waals surface area (Å²) in [6.07, 6.45) is 2.86. The summed E-state index contributed by atoms with van der Waals surface area (Å²) in [6, 6.07) is 4.95. The molecule has 2 N–H and O–H groups in total. The highest BCUT2D eigenvalue weighted by Crippen LogP contribution is 2.24. The van der Waals surface area contributed by atoms with Gasteiger partial charge in [-0.2, -0.15) is 4.31 Å². The van der Waals surface area contributed by atoms with Gasteiger partial charge >= 0.3 is 0 Å². The summed E-state index contributed by atoms with van der Waals surface area (Å²) < 4.78 is 27.5. The number of piperazine rings is 1. The average molecular weight is 431 g/mol. The molecule has 0 unspecified atom stereocenters. The molecule has 1 amide bonds. The summed E-state index contributed by atoms with van der Waals surface area (Å²) in [5, 5.41) is 6.22. The van der Waals surface area contributed by atoms with Crippen LogP contribution in [0.5, 0.6) is 0 Å². The molecule has 2 aliphatic rings. The summed E-state index contributed by atoms with van der Waals surface area (Å²) in [5.41, 5.74) is 1.08. The number of carbonyl (C=O) groups excluding carboxylic acids is 1. The zero-order chi connectivity index (χ0) is 19.3. The normalized spacial score (nSPS) is 19.0. The van der Waals surface area contributed by atoms with Crippen molar-refractivity contribution in [1.82, 2.24) is 19.8 Å². The Morgan fingerprint density at radius 2 is 1.79 bits per heavy atom. The highest BCUT2D eigenvalue weighted by molar-refractivity contribution is 7.89. The second kappa shape index (κ2) is 10.5. The van der Waals surface area contributed by atoms with Crippen LogP contribution in [0.25, 0.3) is 0 Å². The van der Waals surface area contributed by atoms with Crippen LogP contribution in [0.3, 0.4) is 0 Å². The molecule has 0 radical (unpaired) electrons. The van der Waals surface area contributed by atoms with Crippen molar-refractivity contribution < 1.29 is 13.2 Å². The predicted octanol–water partition coefficient (Wildman–Crippen LogP) is 1.23. The molecule has 3 rings (SSSR count). The summed E-state index contributed by atoms with van der Waals surface area (Å²) >= 11 is 0. The molecular formula is C19H31ClN4O3S. The topological polar surface area (TPSA) is 81.8 Å². The predicted molar refractivity (Wildman–Crippen MR) is 113 cm³/mol. The molecule has 0 bridgehead atoms. The van der Waals surface area contributed by atoms with Crippen LogP contribution in [0.2, 0.25) is 0 Å². The number of hydrogen-bond donors (Lipinski definition) is 2.